The molecule has 0 bridgehead atoms. The summed E-state index contributed by atoms with van der Waals surface area (Å²) in [7, 11) is 0. The quantitative estimate of drug-likeness (QED) is 0.193. The van der Waals surface area contributed by atoms with Crippen molar-refractivity contribution in [3.63, 3.8) is 0 Å². The Labute approximate surface area is 139 Å². The van der Waals surface area contributed by atoms with Crippen LogP contribution in [-0.2, 0) is 28.8 Å². The molecule has 8 N–H and O–H groups in total. The first kappa shape index (κ1) is 21.8. The molecule has 0 aromatic carbocycles. The highest BCUT2D eigenvalue weighted by Crippen LogP contribution is 2.00. The standard InChI is InChI=1S/C12H17N3O10/c13-4(1-7(16)17)10(22)14-5(2-8(18)19)11(23)15-6(12(24)25)3-9(20)21/h4-6H,1-3,13H2,(H,14,22)(H,15,23)(H,16,17)(H,18,19)(H,20,21)(H,24,25)/t4-,5-,6-/m1/s1. The molecule has 0 aromatic heterocycles. The fraction of sp³-hybridized carbons (Fsp3) is 0.500. The summed E-state index contributed by atoms with van der Waals surface area (Å²) >= 11 is 0. The van der Waals surface area contributed by atoms with Gasteiger partial charge in [0.15, 0.2) is 0 Å². The van der Waals surface area contributed by atoms with E-state index in [-0.39, 0.29) is 0 Å². The summed E-state index contributed by atoms with van der Waals surface area (Å²) in [4.78, 5) is 66.4. The molecule has 13 nitrogen and oxygen atoms in total. The largest absolute Gasteiger partial charge is 0.481 e. The van der Waals surface area contributed by atoms with Crippen LogP contribution in [0.2, 0.25) is 0 Å². The minimum Gasteiger partial charge on any atom is -0.481 e. The van der Waals surface area contributed by atoms with E-state index in [0.29, 0.717) is 0 Å². The van der Waals surface area contributed by atoms with Gasteiger partial charge in [0.1, 0.15) is 12.1 Å². The number of carbonyl (C=O) groups excluding carboxylic acids is 2. The topological polar surface area (TPSA) is 233 Å². The summed E-state index contributed by atoms with van der Waals surface area (Å²) in [6, 6.07) is -5.21. The number of nitrogens with two attached hydrogens (primary N) is 1. The van der Waals surface area contributed by atoms with Gasteiger partial charge in [-0.2, -0.15) is 0 Å². The first-order valence-corrected chi connectivity index (χ1v) is 6.68. The van der Waals surface area contributed by atoms with Crippen LogP contribution in [0.3, 0.4) is 0 Å². The maximum Gasteiger partial charge on any atom is 0.326 e. The van der Waals surface area contributed by atoms with Gasteiger partial charge in [0, 0.05) is 0 Å². The molecule has 0 saturated carbocycles. The van der Waals surface area contributed by atoms with Crippen LogP contribution in [-0.4, -0.2) is 74.2 Å². The molecule has 0 aliphatic carbocycles. The Balaban J connectivity index is 5.11. The lowest BCUT2D eigenvalue weighted by Gasteiger charge is -2.21. The van der Waals surface area contributed by atoms with Crippen LogP contribution in [0.1, 0.15) is 19.3 Å². The average Bonchev–Trinajstić information content (AvgIpc) is 2.43. The molecule has 0 radical (unpaired) electrons. The molecule has 0 spiro atoms. The normalized spacial score (nSPS) is 13.8. The zero-order valence-corrected chi connectivity index (χ0v) is 12.7. The summed E-state index contributed by atoms with van der Waals surface area (Å²) < 4.78 is 0. The Kier molecular flexibility index (Phi) is 8.55. The molecule has 0 saturated heterocycles. The second-order valence-corrected chi connectivity index (χ2v) is 4.86. The van der Waals surface area contributed by atoms with Crippen molar-refractivity contribution in [3.05, 3.63) is 0 Å². The van der Waals surface area contributed by atoms with E-state index in [1.165, 1.54) is 0 Å². The Morgan fingerprint density at radius 1 is 0.680 bits per heavy atom. The molecular weight excluding hydrogens is 346 g/mol. The van der Waals surface area contributed by atoms with Crippen molar-refractivity contribution in [2.75, 3.05) is 0 Å². The zero-order chi connectivity index (χ0) is 19.7. The Morgan fingerprint density at radius 3 is 1.48 bits per heavy atom. The Hall–Kier alpha value is -3.22. The van der Waals surface area contributed by atoms with Gasteiger partial charge in [0.05, 0.1) is 25.3 Å². The SMILES string of the molecule is N[C@H](CC(=O)O)C(=O)N[C@H](CC(=O)O)C(=O)N[C@H](CC(=O)O)C(=O)O. The molecule has 2 amide bonds. The summed E-state index contributed by atoms with van der Waals surface area (Å²) in [5.41, 5.74) is 5.27. The van der Waals surface area contributed by atoms with E-state index in [1.807, 2.05) is 5.32 Å². The number of nitrogens with one attached hydrogen (secondary N) is 2. The fourth-order valence-corrected chi connectivity index (χ4v) is 1.59. The van der Waals surface area contributed by atoms with E-state index in [4.69, 9.17) is 26.2 Å². The van der Waals surface area contributed by atoms with Gasteiger partial charge in [0.25, 0.3) is 0 Å². The predicted octanol–water partition coefficient (Wildman–Crippen LogP) is -3.21. The van der Waals surface area contributed by atoms with Gasteiger partial charge in [-0.15, -0.1) is 0 Å². The van der Waals surface area contributed by atoms with Crippen molar-refractivity contribution in [2.45, 2.75) is 37.4 Å². The average molecular weight is 363 g/mol. The van der Waals surface area contributed by atoms with E-state index in [9.17, 15) is 28.8 Å². The fourth-order valence-electron chi connectivity index (χ4n) is 1.59. The smallest absolute Gasteiger partial charge is 0.326 e. The molecular formula is C12H17N3O10. The van der Waals surface area contributed by atoms with Gasteiger partial charge >= 0.3 is 23.9 Å². The first-order valence-electron chi connectivity index (χ1n) is 6.68. The molecule has 0 aliphatic rings. The number of carboxylic acids is 4. The van der Waals surface area contributed by atoms with Crippen LogP contribution < -0.4 is 16.4 Å². The molecule has 0 fully saturated rings. The third-order valence-electron chi connectivity index (χ3n) is 2.74. The second kappa shape index (κ2) is 9.82. The van der Waals surface area contributed by atoms with E-state index < -0.39 is 73.1 Å². The van der Waals surface area contributed by atoms with Gasteiger partial charge in [-0.25, -0.2) is 4.79 Å². The molecule has 0 rings (SSSR count). The van der Waals surface area contributed by atoms with Crippen LogP contribution in [0, 0.1) is 0 Å². The third kappa shape index (κ3) is 8.85. The lowest BCUT2D eigenvalue weighted by Crippen LogP contribution is -2.55. The van der Waals surface area contributed by atoms with Crippen molar-refractivity contribution in [1.29, 1.82) is 0 Å². The number of rotatable bonds is 11. The van der Waals surface area contributed by atoms with Crippen LogP contribution in [0.5, 0.6) is 0 Å². The Morgan fingerprint density at radius 2 is 1.08 bits per heavy atom. The second-order valence-electron chi connectivity index (χ2n) is 4.86. The number of aliphatic carboxylic acids is 4. The molecule has 0 unspecified atom stereocenters. The summed E-state index contributed by atoms with van der Waals surface area (Å²) in [6.45, 7) is 0. The van der Waals surface area contributed by atoms with Crippen molar-refractivity contribution in [2.24, 2.45) is 5.73 Å². The molecule has 0 aliphatic heterocycles. The Bertz CT molecular complexity index is 575. The van der Waals surface area contributed by atoms with Crippen molar-refractivity contribution >= 4 is 35.7 Å². The van der Waals surface area contributed by atoms with Crippen molar-refractivity contribution in [1.82, 2.24) is 10.6 Å². The van der Waals surface area contributed by atoms with Crippen LogP contribution in [0.15, 0.2) is 0 Å². The predicted molar refractivity (Wildman–Crippen MR) is 76.2 cm³/mol. The summed E-state index contributed by atoms with van der Waals surface area (Å²) in [6.07, 6.45) is -2.73. The van der Waals surface area contributed by atoms with E-state index >= 15 is 0 Å². The van der Waals surface area contributed by atoms with Gasteiger partial charge in [-0.1, -0.05) is 0 Å². The van der Waals surface area contributed by atoms with Gasteiger partial charge < -0.3 is 36.8 Å². The molecule has 0 aromatic rings. The number of amides is 2. The van der Waals surface area contributed by atoms with Crippen molar-refractivity contribution < 1.29 is 49.2 Å². The maximum atomic E-state index is 12.0. The lowest BCUT2D eigenvalue weighted by atomic mass is 10.1. The summed E-state index contributed by atoms with van der Waals surface area (Å²) in [5, 5.41) is 38.4. The molecule has 25 heavy (non-hydrogen) atoms. The monoisotopic (exact) mass is 363 g/mol. The van der Waals surface area contributed by atoms with Gasteiger partial charge in [-0.05, 0) is 0 Å². The van der Waals surface area contributed by atoms with Crippen LogP contribution >= 0.6 is 0 Å². The van der Waals surface area contributed by atoms with Gasteiger partial charge in [-0.3, -0.25) is 24.0 Å². The first-order chi connectivity index (χ1) is 11.4. The highest BCUT2D eigenvalue weighted by Gasteiger charge is 2.31. The lowest BCUT2D eigenvalue weighted by molar-refractivity contribution is -0.148. The number of carboxylic acid groups (broad SMARTS) is 4. The van der Waals surface area contributed by atoms with Crippen LogP contribution in [0.4, 0.5) is 0 Å². The van der Waals surface area contributed by atoms with Crippen LogP contribution in [0.25, 0.3) is 0 Å². The molecule has 13 heteroatoms. The van der Waals surface area contributed by atoms with Gasteiger partial charge in [0.2, 0.25) is 11.8 Å². The molecule has 140 valence electrons. The van der Waals surface area contributed by atoms with E-state index in [2.05, 4.69) is 0 Å². The minimum absolute atomic E-state index is 0.788. The third-order valence-corrected chi connectivity index (χ3v) is 2.74. The molecule has 3 atom stereocenters. The van der Waals surface area contributed by atoms with E-state index in [0.717, 1.165) is 0 Å². The van der Waals surface area contributed by atoms with E-state index in [1.54, 1.807) is 5.32 Å². The highest BCUT2D eigenvalue weighted by molar-refractivity contribution is 5.95. The number of hydrogen-bond acceptors (Lipinski definition) is 7. The number of hydrogen-bond donors (Lipinski definition) is 7. The maximum absolute atomic E-state index is 12.0. The number of carbonyl (C=O) groups is 6. The molecule has 0 heterocycles. The summed E-state index contributed by atoms with van der Waals surface area (Å²) in [5.74, 6) is -8.57. The zero-order valence-electron chi connectivity index (χ0n) is 12.7. The van der Waals surface area contributed by atoms with Crippen molar-refractivity contribution in [3.8, 4) is 0 Å². The minimum atomic E-state index is -1.86. The highest BCUT2D eigenvalue weighted by atomic mass is 16.4.